The highest BCUT2D eigenvalue weighted by Gasteiger charge is 2.10. The Morgan fingerprint density at radius 2 is 1.81 bits per heavy atom. The third kappa shape index (κ3) is 4.57. The van der Waals surface area contributed by atoms with Crippen LogP contribution in [0.15, 0.2) is 48.5 Å². The summed E-state index contributed by atoms with van der Waals surface area (Å²) in [6.07, 6.45) is 2.66. The minimum absolute atomic E-state index is 0.201. The first kappa shape index (κ1) is 15.5. The van der Waals surface area contributed by atoms with Gasteiger partial charge in [-0.15, -0.1) is 0 Å². The first-order chi connectivity index (χ1) is 10.2. The van der Waals surface area contributed by atoms with Gasteiger partial charge in [-0.25, -0.2) is 4.39 Å². The lowest BCUT2D eigenvalue weighted by Gasteiger charge is -2.13. The van der Waals surface area contributed by atoms with E-state index in [0.29, 0.717) is 12.0 Å². The van der Waals surface area contributed by atoms with Crippen molar-refractivity contribution in [1.82, 2.24) is 0 Å². The van der Waals surface area contributed by atoms with E-state index in [0.717, 1.165) is 30.8 Å². The third-order valence-electron chi connectivity index (χ3n) is 3.47. The lowest BCUT2D eigenvalue weighted by molar-refractivity contribution is 0.309. The molecule has 2 nitrogen and oxygen atoms in total. The zero-order valence-corrected chi connectivity index (χ0v) is 12.4. The predicted molar refractivity (Wildman–Crippen MR) is 83.9 cm³/mol. The minimum atomic E-state index is -0.216. The van der Waals surface area contributed by atoms with Gasteiger partial charge in [-0.05, 0) is 42.2 Å². The highest BCUT2D eigenvalue weighted by molar-refractivity contribution is 5.30. The van der Waals surface area contributed by atoms with E-state index in [9.17, 15) is 4.39 Å². The van der Waals surface area contributed by atoms with Crippen molar-refractivity contribution in [1.29, 1.82) is 0 Å². The molecule has 1 atom stereocenters. The number of halogens is 1. The standard InChI is InChI=1S/C18H22FNO/c1-2-3-12-21-16-10-8-14(9-11-16)18(20)13-15-6-4-5-7-17(15)19/h4-11,18H,2-3,12-13,20H2,1H3. The lowest BCUT2D eigenvalue weighted by Crippen LogP contribution is -2.14. The fourth-order valence-electron chi connectivity index (χ4n) is 2.16. The molecule has 0 aliphatic carbocycles. The molecule has 112 valence electrons. The molecule has 1 unspecified atom stereocenters. The number of rotatable bonds is 7. The Morgan fingerprint density at radius 1 is 1.10 bits per heavy atom. The number of ether oxygens (including phenoxy) is 1. The molecular formula is C18H22FNO. The van der Waals surface area contributed by atoms with Gasteiger partial charge in [0.2, 0.25) is 0 Å². The molecule has 2 aromatic carbocycles. The molecule has 0 radical (unpaired) electrons. The zero-order chi connectivity index (χ0) is 15.1. The topological polar surface area (TPSA) is 35.2 Å². The summed E-state index contributed by atoms with van der Waals surface area (Å²) in [6.45, 7) is 2.87. The molecule has 21 heavy (non-hydrogen) atoms. The molecule has 2 aromatic rings. The van der Waals surface area contributed by atoms with E-state index in [1.54, 1.807) is 12.1 Å². The van der Waals surface area contributed by atoms with Gasteiger partial charge >= 0.3 is 0 Å². The second kappa shape index (κ2) is 7.79. The molecule has 0 aliphatic rings. The van der Waals surface area contributed by atoms with Crippen LogP contribution in [0.1, 0.15) is 36.9 Å². The molecule has 2 rings (SSSR count). The summed E-state index contributed by atoms with van der Waals surface area (Å²) in [5.74, 6) is 0.651. The van der Waals surface area contributed by atoms with Crippen molar-refractivity contribution >= 4 is 0 Å². The fraction of sp³-hybridized carbons (Fsp3) is 0.333. The number of hydrogen-bond acceptors (Lipinski definition) is 2. The van der Waals surface area contributed by atoms with E-state index < -0.39 is 0 Å². The van der Waals surface area contributed by atoms with E-state index in [1.807, 2.05) is 30.3 Å². The van der Waals surface area contributed by atoms with E-state index in [-0.39, 0.29) is 11.9 Å². The molecular weight excluding hydrogens is 265 g/mol. The number of nitrogens with two attached hydrogens (primary N) is 1. The summed E-state index contributed by atoms with van der Waals surface area (Å²) in [5, 5.41) is 0. The summed E-state index contributed by atoms with van der Waals surface area (Å²) in [5.41, 5.74) is 7.79. The van der Waals surface area contributed by atoms with Crippen LogP contribution in [0.2, 0.25) is 0 Å². The van der Waals surface area contributed by atoms with Gasteiger partial charge in [0.15, 0.2) is 0 Å². The molecule has 0 spiro atoms. The van der Waals surface area contributed by atoms with Gasteiger partial charge in [0.25, 0.3) is 0 Å². The van der Waals surface area contributed by atoms with Crippen LogP contribution in [0.5, 0.6) is 5.75 Å². The second-order valence-corrected chi connectivity index (χ2v) is 5.17. The van der Waals surface area contributed by atoms with Crippen LogP contribution in [-0.2, 0) is 6.42 Å². The molecule has 3 heteroatoms. The lowest BCUT2D eigenvalue weighted by atomic mass is 9.99. The first-order valence-corrected chi connectivity index (χ1v) is 7.42. The highest BCUT2D eigenvalue weighted by Crippen LogP contribution is 2.21. The first-order valence-electron chi connectivity index (χ1n) is 7.42. The van der Waals surface area contributed by atoms with Crippen molar-refractivity contribution in [2.24, 2.45) is 5.73 Å². The van der Waals surface area contributed by atoms with Crippen molar-refractivity contribution in [3.05, 3.63) is 65.5 Å². The molecule has 0 aliphatic heterocycles. The number of benzene rings is 2. The molecule has 2 N–H and O–H groups in total. The van der Waals surface area contributed by atoms with Crippen molar-refractivity contribution in [2.45, 2.75) is 32.2 Å². The Morgan fingerprint density at radius 3 is 2.48 bits per heavy atom. The van der Waals surface area contributed by atoms with Crippen molar-refractivity contribution < 1.29 is 9.13 Å². The number of unbranched alkanes of at least 4 members (excludes halogenated alkanes) is 1. The smallest absolute Gasteiger partial charge is 0.126 e. The van der Waals surface area contributed by atoms with Crippen LogP contribution in [-0.4, -0.2) is 6.61 Å². The minimum Gasteiger partial charge on any atom is -0.494 e. The van der Waals surface area contributed by atoms with Gasteiger partial charge in [-0.3, -0.25) is 0 Å². The Bertz CT molecular complexity index is 553. The maximum Gasteiger partial charge on any atom is 0.126 e. The molecule has 0 fully saturated rings. The predicted octanol–water partition coefficient (Wildman–Crippen LogP) is 4.25. The highest BCUT2D eigenvalue weighted by atomic mass is 19.1. The van der Waals surface area contributed by atoms with Gasteiger partial charge in [0, 0.05) is 6.04 Å². The summed E-state index contributed by atoms with van der Waals surface area (Å²) in [7, 11) is 0. The SMILES string of the molecule is CCCCOc1ccc(C(N)Cc2ccccc2F)cc1. The van der Waals surface area contributed by atoms with Gasteiger partial charge in [0.1, 0.15) is 11.6 Å². The van der Waals surface area contributed by atoms with Crippen LogP contribution in [0.25, 0.3) is 0 Å². The molecule has 0 amide bonds. The van der Waals surface area contributed by atoms with Crippen LogP contribution < -0.4 is 10.5 Å². The Balaban J connectivity index is 1.96. The van der Waals surface area contributed by atoms with Crippen LogP contribution in [0.4, 0.5) is 4.39 Å². The van der Waals surface area contributed by atoms with Gasteiger partial charge < -0.3 is 10.5 Å². The van der Waals surface area contributed by atoms with Crippen molar-refractivity contribution in [2.75, 3.05) is 6.61 Å². The second-order valence-electron chi connectivity index (χ2n) is 5.17. The molecule has 0 saturated carbocycles. The summed E-state index contributed by atoms with van der Waals surface area (Å²) < 4.78 is 19.2. The van der Waals surface area contributed by atoms with Gasteiger partial charge in [0.05, 0.1) is 6.61 Å². The van der Waals surface area contributed by atoms with Gasteiger partial charge in [-0.1, -0.05) is 43.7 Å². The van der Waals surface area contributed by atoms with Crippen LogP contribution in [0.3, 0.4) is 0 Å². The summed E-state index contributed by atoms with van der Waals surface area (Å²) >= 11 is 0. The average Bonchev–Trinajstić information content (AvgIpc) is 2.50. The quantitative estimate of drug-likeness (QED) is 0.773. The van der Waals surface area contributed by atoms with E-state index in [1.165, 1.54) is 6.07 Å². The zero-order valence-electron chi connectivity index (χ0n) is 12.4. The van der Waals surface area contributed by atoms with Gasteiger partial charge in [-0.2, -0.15) is 0 Å². The molecule has 0 saturated heterocycles. The maximum absolute atomic E-state index is 13.6. The van der Waals surface area contributed by atoms with Crippen LogP contribution >= 0.6 is 0 Å². The van der Waals surface area contributed by atoms with E-state index in [2.05, 4.69) is 6.92 Å². The Hall–Kier alpha value is -1.87. The molecule has 0 bridgehead atoms. The average molecular weight is 287 g/mol. The van der Waals surface area contributed by atoms with Crippen molar-refractivity contribution in [3.8, 4) is 5.75 Å². The third-order valence-corrected chi connectivity index (χ3v) is 3.47. The maximum atomic E-state index is 13.6. The molecule has 0 aromatic heterocycles. The monoisotopic (exact) mass is 287 g/mol. The Kier molecular flexibility index (Phi) is 5.76. The summed E-state index contributed by atoms with van der Waals surface area (Å²) in [4.78, 5) is 0. The van der Waals surface area contributed by atoms with E-state index >= 15 is 0 Å². The number of hydrogen-bond donors (Lipinski definition) is 1. The fourth-order valence-corrected chi connectivity index (χ4v) is 2.16. The normalized spacial score (nSPS) is 12.1. The van der Waals surface area contributed by atoms with Crippen molar-refractivity contribution in [3.63, 3.8) is 0 Å². The van der Waals surface area contributed by atoms with E-state index in [4.69, 9.17) is 10.5 Å². The Labute approximate surface area is 125 Å². The van der Waals surface area contributed by atoms with Crippen LogP contribution in [0, 0.1) is 5.82 Å². The largest absolute Gasteiger partial charge is 0.494 e. The summed E-state index contributed by atoms with van der Waals surface area (Å²) in [6, 6.07) is 14.3. The molecule has 0 heterocycles.